The van der Waals surface area contributed by atoms with Crippen molar-refractivity contribution < 1.29 is 19.0 Å². The van der Waals surface area contributed by atoms with E-state index in [-0.39, 0.29) is 18.6 Å². The van der Waals surface area contributed by atoms with E-state index < -0.39 is 0 Å². The van der Waals surface area contributed by atoms with E-state index in [0.717, 1.165) is 31.1 Å². The fourth-order valence-corrected chi connectivity index (χ4v) is 2.77. The number of pyridine rings is 1. The van der Waals surface area contributed by atoms with Crippen molar-refractivity contribution in [2.45, 2.75) is 6.04 Å². The predicted octanol–water partition coefficient (Wildman–Crippen LogP) is 1.35. The fourth-order valence-electron chi connectivity index (χ4n) is 2.77. The van der Waals surface area contributed by atoms with Crippen molar-refractivity contribution in [3.05, 3.63) is 48.8 Å². The summed E-state index contributed by atoms with van der Waals surface area (Å²) >= 11 is 0. The van der Waals surface area contributed by atoms with E-state index in [2.05, 4.69) is 15.2 Å². The van der Waals surface area contributed by atoms with Gasteiger partial charge in [-0.1, -0.05) is 0 Å². The van der Waals surface area contributed by atoms with E-state index in [1.807, 2.05) is 12.1 Å². The molecule has 0 aliphatic carbocycles. The number of nitrogens with zero attached hydrogens (tertiary/aromatic N) is 2. The van der Waals surface area contributed by atoms with Crippen LogP contribution >= 0.6 is 0 Å². The van der Waals surface area contributed by atoms with Gasteiger partial charge in [0.1, 0.15) is 23.9 Å². The van der Waals surface area contributed by atoms with Gasteiger partial charge in [0.15, 0.2) is 0 Å². The van der Waals surface area contributed by atoms with Crippen LogP contribution in [-0.4, -0.2) is 61.8 Å². The first-order valence-corrected chi connectivity index (χ1v) is 8.57. The Morgan fingerprint density at radius 2 is 2.04 bits per heavy atom. The molecule has 2 heterocycles. The first-order chi connectivity index (χ1) is 12.7. The lowest BCUT2D eigenvalue weighted by Crippen LogP contribution is -2.55. The van der Waals surface area contributed by atoms with Crippen molar-refractivity contribution in [1.82, 2.24) is 15.2 Å². The number of piperazine rings is 1. The van der Waals surface area contributed by atoms with Crippen LogP contribution < -0.4 is 19.5 Å². The van der Waals surface area contributed by atoms with Crippen molar-refractivity contribution in [3.8, 4) is 17.2 Å². The van der Waals surface area contributed by atoms with Gasteiger partial charge in [-0.05, 0) is 36.4 Å². The molecule has 0 saturated carbocycles. The molecule has 1 aliphatic rings. The number of hydrogen-bond donors (Lipinski definition) is 1. The van der Waals surface area contributed by atoms with Crippen LogP contribution in [0.25, 0.3) is 0 Å². The highest BCUT2D eigenvalue weighted by molar-refractivity contribution is 5.74. The standard InChI is InChI=1S/C19H23N3O4/c1-24-16-4-6-17(7-5-16)26-19(23)13-22-10-9-21-11-15(22)14-25-18-3-2-8-20-12-18/h2-8,12,15,21H,9-11,13-14H2,1H3. The quantitative estimate of drug-likeness (QED) is 0.592. The highest BCUT2D eigenvalue weighted by atomic mass is 16.5. The van der Waals surface area contributed by atoms with Crippen molar-refractivity contribution in [1.29, 1.82) is 0 Å². The third-order valence-electron chi connectivity index (χ3n) is 4.17. The molecule has 1 N–H and O–H groups in total. The minimum atomic E-state index is -0.288. The number of hydrogen-bond acceptors (Lipinski definition) is 7. The van der Waals surface area contributed by atoms with Gasteiger partial charge in [-0.2, -0.15) is 0 Å². The topological polar surface area (TPSA) is 72.9 Å². The van der Waals surface area contributed by atoms with Crippen LogP contribution in [0.2, 0.25) is 0 Å². The number of esters is 1. The van der Waals surface area contributed by atoms with Gasteiger partial charge in [-0.15, -0.1) is 0 Å². The molecule has 26 heavy (non-hydrogen) atoms. The fraction of sp³-hybridized carbons (Fsp3) is 0.368. The first-order valence-electron chi connectivity index (χ1n) is 8.57. The average molecular weight is 357 g/mol. The lowest BCUT2D eigenvalue weighted by molar-refractivity contribution is -0.136. The zero-order valence-electron chi connectivity index (χ0n) is 14.8. The molecule has 1 saturated heterocycles. The van der Waals surface area contributed by atoms with Gasteiger partial charge in [0.2, 0.25) is 0 Å². The first kappa shape index (κ1) is 18.2. The summed E-state index contributed by atoms with van der Waals surface area (Å²) in [6.07, 6.45) is 3.38. The number of carbonyl (C=O) groups excluding carboxylic acids is 1. The maximum atomic E-state index is 12.3. The van der Waals surface area contributed by atoms with Crippen LogP contribution in [0.3, 0.4) is 0 Å². The number of rotatable bonds is 7. The van der Waals surface area contributed by atoms with Gasteiger partial charge in [0, 0.05) is 25.8 Å². The number of benzene rings is 1. The van der Waals surface area contributed by atoms with Gasteiger partial charge in [-0.3, -0.25) is 14.7 Å². The molecule has 1 aromatic carbocycles. The molecule has 1 unspecified atom stereocenters. The second kappa shape index (κ2) is 9.17. The van der Waals surface area contributed by atoms with Gasteiger partial charge in [-0.25, -0.2) is 0 Å². The van der Waals surface area contributed by atoms with Crippen LogP contribution in [0.4, 0.5) is 0 Å². The Morgan fingerprint density at radius 3 is 2.77 bits per heavy atom. The van der Waals surface area contributed by atoms with Crippen LogP contribution in [0.1, 0.15) is 0 Å². The monoisotopic (exact) mass is 357 g/mol. The molecule has 1 aliphatic heterocycles. The summed E-state index contributed by atoms with van der Waals surface area (Å²) < 4.78 is 16.3. The summed E-state index contributed by atoms with van der Waals surface area (Å²) in [6.45, 7) is 3.05. The van der Waals surface area contributed by atoms with Crippen LogP contribution in [0.15, 0.2) is 48.8 Å². The molecule has 0 spiro atoms. The number of ether oxygens (including phenoxy) is 3. The summed E-state index contributed by atoms with van der Waals surface area (Å²) in [4.78, 5) is 18.4. The maximum absolute atomic E-state index is 12.3. The van der Waals surface area contributed by atoms with Crippen LogP contribution in [-0.2, 0) is 4.79 Å². The van der Waals surface area contributed by atoms with E-state index in [1.54, 1.807) is 43.8 Å². The number of methoxy groups -OCH3 is 1. The Balaban J connectivity index is 1.52. The summed E-state index contributed by atoms with van der Waals surface area (Å²) in [7, 11) is 1.60. The molecule has 0 radical (unpaired) electrons. The Bertz CT molecular complexity index is 694. The summed E-state index contributed by atoms with van der Waals surface area (Å²) in [6, 6.07) is 10.8. The summed E-state index contributed by atoms with van der Waals surface area (Å²) in [5.74, 6) is 1.66. The lowest BCUT2D eigenvalue weighted by atomic mass is 10.2. The van der Waals surface area contributed by atoms with Gasteiger partial charge in [0.05, 0.1) is 25.9 Å². The number of nitrogens with one attached hydrogen (secondary N) is 1. The van der Waals surface area contributed by atoms with E-state index in [1.165, 1.54) is 0 Å². The third kappa shape index (κ3) is 5.18. The molecule has 7 heteroatoms. The molecule has 7 nitrogen and oxygen atoms in total. The zero-order valence-corrected chi connectivity index (χ0v) is 14.8. The molecule has 0 amide bonds. The molecule has 138 valence electrons. The smallest absolute Gasteiger partial charge is 0.325 e. The van der Waals surface area contributed by atoms with Crippen molar-refractivity contribution >= 4 is 5.97 Å². The highest BCUT2D eigenvalue weighted by Crippen LogP contribution is 2.17. The Labute approximate surface area is 152 Å². The molecular formula is C19H23N3O4. The Kier molecular flexibility index (Phi) is 6.40. The van der Waals surface area contributed by atoms with E-state index in [4.69, 9.17) is 14.2 Å². The number of aromatic nitrogens is 1. The summed E-state index contributed by atoms with van der Waals surface area (Å²) in [5, 5.41) is 3.33. The number of carbonyl (C=O) groups is 1. The molecule has 1 atom stereocenters. The average Bonchev–Trinajstić information content (AvgIpc) is 2.68. The lowest BCUT2D eigenvalue weighted by Gasteiger charge is -2.35. The minimum absolute atomic E-state index is 0.0902. The zero-order chi connectivity index (χ0) is 18.2. The maximum Gasteiger partial charge on any atom is 0.325 e. The highest BCUT2D eigenvalue weighted by Gasteiger charge is 2.25. The predicted molar refractivity (Wildman–Crippen MR) is 96.6 cm³/mol. The second-order valence-corrected chi connectivity index (χ2v) is 5.98. The van der Waals surface area contributed by atoms with Gasteiger partial charge >= 0.3 is 5.97 Å². The molecule has 3 rings (SSSR count). The van der Waals surface area contributed by atoms with Gasteiger partial charge in [0.25, 0.3) is 0 Å². The SMILES string of the molecule is COc1ccc(OC(=O)CN2CCNCC2COc2cccnc2)cc1. The van der Waals surface area contributed by atoms with Crippen LogP contribution in [0.5, 0.6) is 17.2 Å². The van der Waals surface area contributed by atoms with E-state index in [9.17, 15) is 4.79 Å². The van der Waals surface area contributed by atoms with E-state index >= 15 is 0 Å². The van der Waals surface area contributed by atoms with Crippen LogP contribution in [0, 0.1) is 0 Å². The molecule has 1 aromatic heterocycles. The van der Waals surface area contributed by atoms with Crippen molar-refractivity contribution in [3.63, 3.8) is 0 Å². The van der Waals surface area contributed by atoms with Crippen molar-refractivity contribution in [2.24, 2.45) is 0 Å². The molecule has 0 bridgehead atoms. The summed E-state index contributed by atoms with van der Waals surface area (Å²) in [5.41, 5.74) is 0. The normalized spacial score (nSPS) is 17.5. The second-order valence-electron chi connectivity index (χ2n) is 5.98. The van der Waals surface area contributed by atoms with Crippen molar-refractivity contribution in [2.75, 3.05) is 39.9 Å². The Morgan fingerprint density at radius 1 is 1.23 bits per heavy atom. The van der Waals surface area contributed by atoms with E-state index in [0.29, 0.717) is 12.4 Å². The molecular weight excluding hydrogens is 334 g/mol. The molecule has 2 aromatic rings. The minimum Gasteiger partial charge on any atom is -0.497 e. The molecule has 1 fully saturated rings. The largest absolute Gasteiger partial charge is 0.497 e. The Hall–Kier alpha value is -2.64. The third-order valence-corrected chi connectivity index (χ3v) is 4.17. The van der Waals surface area contributed by atoms with Gasteiger partial charge < -0.3 is 19.5 Å².